The fourth-order valence-electron chi connectivity index (χ4n) is 6.17. The quantitative estimate of drug-likeness (QED) is 0.567. The maximum absolute atomic E-state index is 13.1. The smallest absolute Gasteiger partial charge is 0.233 e. The first-order valence-electron chi connectivity index (χ1n) is 10.5. The Morgan fingerprint density at radius 3 is 2.23 bits per heavy atom. The Bertz CT molecular complexity index is 1060. The first-order valence-corrected chi connectivity index (χ1v) is 10.5. The summed E-state index contributed by atoms with van der Waals surface area (Å²) >= 11 is 0. The molecule has 5 rings (SSSR count). The Labute approximate surface area is 179 Å². The van der Waals surface area contributed by atoms with Crippen molar-refractivity contribution in [2.75, 3.05) is 21.2 Å². The summed E-state index contributed by atoms with van der Waals surface area (Å²) in [5.74, 6) is -3.35. The third kappa shape index (κ3) is 2.53. The van der Waals surface area contributed by atoms with Crippen LogP contribution in [0.15, 0.2) is 29.8 Å². The summed E-state index contributed by atoms with van der Waals surface area (Å²) in [6.07, 6.45) is 2.81. The second-order valence-corrected chi connectivity index (χ2v) is 8.93. The highest BCUT2D eigenvalue weighted by molar-refractivity contribution is 6.07. The SMILES string of the molecule is COc1cc([C@H]2C3=CC[C@@H]4C(=O)N(C)C(=O)[C@@H]4[C@@H]3C[C@H]3C(=O)N(C)C(=O)[C@@H]23)ccc1O. The molecule has 2 heterocycles. The van der Waals surface area contributed by atoms with E-state index in [1.165, 1.54) is 37.1 Å². The van der Waals surface area contributed by atoms with Crippen LogP contribution in [-0.2, 0) is 19.2 Å². The standard InChI is InChI=1S/C23H24N2O6/c1-24-20(27)12-6-5-11-13(18(12)22(24)29)9-14-19(23(30)25(2)21(14)28)17(11)10-4-7-15(26)16(8-10)31-3/h4-5,7-8,12-14,17-19,26H,6,9H2,1-3H3/t12-,13+,14+,17-,18-,19+/m0/s1. The number of hydrogen-bond acceptors (Lipinski definition) is 6. The van der Waals surface area contributed by atoms with E-state index in [-0.39, 0.29) is 41.0 Å². The number of benzene rings is 1. The minimum absolute atomic E-state index is 0.0167. The number of amides is 4. The van der Waals surface area contributed by atoms with Crippen molar-refractivity contribution in [3.63, 3.8) is 0 Å². The van der Waals surface area contributed by atoms with Gasteiger partial charge in [-0.2, -0.15) is 0 Å². The Balaban J connectivity index is 1.67. The number of rotatable bonds is 2. The van der Waals surface area contributed by atoms with Gasteiger partial charge >= 0.3 is 0 Å². The molecule has 1 N–H and O–H groups in total. The molecule has 31 heavy (non-hydrogen) atoms. The second-order valence-electron chi connectivity index (χ2n) is 8.93. The van der Waals surface area contributed by atoms with Gasteiger partial charge in [-0.15, -0.1) is 0 Å². The number of imide groups is 2. The van der Waals surface area contributed by atoms with E-state index in [4.69, 9.17) is 4.74 Å². The van der Waals surface area contributed by atoms with Crippen molar-refractivity contribution in [2.45, 2.75) is 18.8 Å². The van der Waals surface area contributed by atoms with E-state index in [1.807, 2.05) is 6.08 Å². The number of fused-ring (bicyclic) bond motifs is 4. The number of carbonyl (C=O) groups is 4. The van der Waals surface area contributed by atoms with E-state index in [9.17, 15) is 24.3 Å². The zero-order valence-electron chi connectivity index (χ0n) is 17.6. The van der Waals surface area contributed by atoms with Crippen LogP contribution in [0.1, 0.15) is 24.3 Å². The molecular formula is C23H24N2O6. The first-order chi connectivity index (χ1) is 14.8. The van der Waals surface area contributed by atoms with E-state index in [0.29, 0.717) is 12.8 Å². The molecule has 8 nitrogen and oxygen atoms in total. The molecule has 1 aromatic rings. The lowest BCUT2D eigenvalue weighted by molar-refractivity contribution is -0.140. The molecule has 162 valence electrons. The van der Waals surface area contributed by atoms with Crippen molar-refractivity contribution in [2.24, 2.45) is 29.6 Å². The average molecular weight is 424 g/mol. The molecule has 4 aliphatic rings. The highest BCUT2D eigenvalue weighted by atomic mass is 16.5. The van der Waals surface area contributed by atoms with E-state index in [1.54, 1.807) is 12.1 Å². The number of allylic oxidation sites excluding steroid dienone is 2. The summed E-state index contributed by atoms with van der Waals surface area (Å²) in [5.41, 5.74) is 1.68. The Kier molecular flexibility index (Phi) is 4.26. The highest BCUT2D eigenvalue weighted by Gasteiger charge is 2.60. The Morgan fingerprint density at radius 1 is 0.903 bits per heavy atom. The normalized spacial score (nSPS) is 34.5. The van der Waals surface area contributed by atoms with Gasteiger partial charge in [-0.25, -0.2) is 0 Å². The molecule has 2 aliphatic carbocycles. The molecule has 2 saturated heterocycles. The van der Waals surface area contributed by atoms with Gasteiger partial charge in [-0.05, 0) is 36.5 Å². The van der Waals surface area contributed by atoms with Crippen LogP contribution < -0.4 is 4.74 Å². The summed E-state index contributed by atoms with van der Waals surface area (Å²) in [6, 6.07) is 4.94. The molecule has 1 aromatic carbocycles. The number of phenols is 1. The van der Waals surface area contributed by atoms with Gasteiger partial charge in [0.25, 0.3) is 0 Å². The van der Waals surface area contributed by atoms with Crippen molar-refractivity contribution >= 4 is 23.6 Å². The number of methoxy groups -OCH3 is 1. The molecule has 3 fully saturated rings. The van der Waals surface area contributed by atoms with Crippen LogP contribution in [0.4, 0.5) is 0 Å². The van der Waals surface area contributed by atoms with Crippen LogP contribution in [0.25, 0.3) is 0 Å². The highest BCUT2D eigenvalue weighted by Crippen LogP contribution is 2.57. The first kappa shape index (κ1) is 19.8. The maximum Gasteiger partial charge on any atom is 0.233 e. The third-order valence-corrected chi connectivity index (χ3v) is 7.65. The van der Waals surface area contributed by atoms with Crippen LogP contribution in [0.5, 0.6) is 11.5 Å². The zero-order valence-corrected chi connectivity index (χ0v) is 17.6. The van der Waals surface area contributed by atoms with Gasteiger partial charge in [0.2, 0.25) is 23.6 Å². The molecule has 4 amide bonds. The summed E-state index contributed by atoms with van der Waals surface area (Å²) in [4.78, 5) is 54.0. The third-order valence-electron chi connectivity index (χ3n) is 7.65. The number of phenolic OH excluding ortho intramolecular Hbond substituents is 1. The average Bonchev–Trinajstić information content (AvgIpc) is 3.12. The van der Waals surface area contributed by atoms with E-state index in [0.717, 1.165) is 11.1 Å². The minimum atomic E-state index is -0.573. The maximum atomic E-state index is 13.1. The molecule has 8 heteroatoms. The largest absolute Gasteiger partial charge is 0.504 e. The monoisotopic (exact) mass is 424 g/mol. The molecule has 1 saturated carbocycles. The summed E-state index contributed by atoms with van der Waals surface area (Å²) in [6.45, 7) is 0. The fraction of sp³-hybridized carbons (Fsp3) is 0.478. The number of hydrogen-bond donors (Lipinski definition) is 1. The number of carbonyl (C=O) groups excluding carboxylic acids is 4. The summed E-state index contributed by atoms with van der Waals surface area (Å²) in [5, 5.41) is 10.0. The van der Waals surface area contributed by atoms with Crippen molar-refractivity contribution in [1.29, 1.82) is 0 Å². The van der Waals surface area contributed by atoms with Gasteiger partial charge in [-0.1, -0.05) is 17.7 Å². The number of likely N-dealkylation sites (tertiary alicyclic amines) is 2. The predicted molar refractivity (Wildman–Crippen MR) is 108 cm³/mol. The van der Waals surface area contributed by atoms with Crippen LogP contribution in [0, 0.1) is 29.6 Å². The van der Waals surface area contributed by atoms with Crippen LogP contribution in [0.2, 0.25) is 0 Å². The van der Waals surface area contributed by atoms with Gasteiger partial charge in [0.1, 0.15) is 0 Å². The molecule has 0 unspecified atom stereocenters. The van der Waals surface area contributed by atoms with Gasteiger partial charge in [0.15, 0.2) is 11.5 Å². The van der Waals surface area contributed by atoms with E-state index < -0.39 is 29.6 Å². The molecule has 0 aromatic heterocycles. The van der Waals surface area contributed by atoms with Crippen molar-refractivity contribution < 1.29 is 29.0 Å². The number of nitrogens with zero attached hydrogens (tertiary/aromatic N) is 2. The van der Waals surface area contributed by atoms with Crippen LogP contribution >= 0.6 is 0 Å². The van der Waals surface area contributed by atoms with Crippen molar-refractivity contribution in [3.05, 3.63) is 35.4 Å². The molecule has 2 aliphatic heterocycles. The Morgan fingerprint density at radius 2 is 1.55 bits per heavy atom. The lowest BCUT2D eigenvalue weighted by atomic mass is 9.57. The summed E-state index contributed by atoms with van der Waals surface area (Å²) < 4.78 is 5.27. The van der Waals surface area contributed by atoms with E-state index >= 15 is 0 Å². The van der Waals surface area contributed by atoms with Gasteiger partial charge in [-0.3, -0.25) is 29.0 Å². The summed E-state index contributed by atoms with van der Waals surface area (Å²) in [7, 11) is 4.46. The molecule has 6 atom stereocenters. The fourth-order valence-corrected chi connectivity index (χ4v) is 6.17. The second kappa shape index (κ2) is 6.67. The molecule has 0 spiro atoms. The minimum Gasteiger partial charge on any atom is -0.504 e. The van der Waals surface area contributed by atoms with Crippen LogP contribution in [-0.4, -0.2) is 59.7 Å². The lowest BCUT2D eigenvalue weighted by Gasteiger charge is -2.44. The van der Waals surface area contributed by atoms with Crippen molar-refractivity contribution in [1.82, 2.24) is 9.80 Å². The number of aromatic hydroxyl groups is 1. The molecule has 0 bridgehead atoms. The van der Waals surface area contributed by atoms with E-state index in [2.05, 4.69) is 0 Å². The number of ether oxygens (including phenoxy) is 1. The van der Waals surface area contributed by atoms with Crippen molar-refractivity contribution in [3.8, 4) is 11.5 Å². The van der Waals surface area contributed by atoms with Gasteiger partial charge in [0.05, 0.1) is 30.8 Å². The molecule has 0 radical (unpaired) electrons. The van der Waals surface area contributed by atoms with Crippen LogP contribution in [0.3, 0.4) is 0 Å². The lowest BCUT2D eigenvalue weighted by Crippen LogP contribution is -2.42. The Hall–Kier alpha value is -3.16. The predicted octanol–water partition coefficient (Wildman–Crippen LogP) is 1.30. The van der Waals surface area contributed by atoms with Gasteiger partial charge < -0.3 is 9.84 Å². The van der Waals surface area contributed by atoms with Gasteiger partial charge in [0, 0.05) is 20.0 Å². The topological polar surface area (TPSA) is 104 Å². The molecular weight excluding hydrogens is 400 g/mol. The zero-order chi connectivity index (χ0) is 22.2.